The van der Waals surface area contributed by atoms with Crippen molar-refractivity contribution in [2.45, 2.75) is 72.0 Å². The Morgan fingerprint density at radius 1 is 1.12 bits per heavy atom. The molecule has 1 spiro atoms. The average molecular weight is 730 g/mol. The number of likely N-dealkylation sites (tertiary alicyclic amines) is 2. The van der Waals surface area contributed by atoms with E-state index in [1.165, 1.54) is 0 Å². The molecular weight excluding hydrogens is 689 g/mol. The number of nitrogens with zero attached hydrogens (tertiary/aromatic N) is 5. The Kier molecular flexibility index (Phi) is 8.92. The van der Waals surface area contributed by atoms with Crippen LogP contribution in [0.3, 0.4) is 0 Å². The number of hydrogen-bond donors (Lipinski definition) is 0. The van der Waals surface area contributed by atoms with Crippen LogP contribution in [0, 0.1) is 8.99 Å². The molecule has 40 heavy (non-hydrogen) atoms. The van der Waals surface area contributed by atoms with Gasteiger partial charge in [0.2, 0.25) is 0 Å². The van der Waals surface area contributed by atoms with Crippen LogP contribution < -0.4 is 14.4 Å². The first-order valence-corrected chi connectivity index (χ1v) is 16.3. The molecule has 1 amide bonds. The molecule has 0 unspecified atom stereocenters. The first-order valence-electron chi connectivity index (χ1n) is 14.5. The summed E-state index contributed by atoms with van der Waals surface area (Å²) in [5.41, 5.74) is 0.452. The number of rotatable bonds is 6. The molecule has 4 heterocycles. The number of hydrogen-bond acceptors (Lipinski definition) is 8. The molecule has 3 aliphatic heterocycles. The van der Waals surface area contributed by atoms with Gasteiger partial charge in [-0.15, -0.1) is 0 Å². The molecule has 1 aromatic heterocycles. The average Bonchev–Trinajstić information content (AvgIpc) is 2.89. The molecule has 1 aromatic carbocycles. The van der Waals surface area contributed by atoms with Gasteiger partial charge in [0.1, 0.15) is 23.0 Å². The minimum Gasteiger partial charge on any atom is -0.490 e. The number of amides is 1. The summed E-state index contributed by atoms with van der Waals surface area (Å²) in [5, 5.41) is 0.976. The van der Waals surface area contributed by atoms with Gasteiger partial charge < -0.3 is 28.9 Å². The summed E-state index contributed by atoms with van der Waals surface area (Å²) in [6.45, 7) is 16.8. The van der Waals surface area contributed by atoms with E-state index < -0.39 is 5.60 Å². The highest BCUT2D eigenvalue weighted by molar-refractivity contribution is 14.1. The fourth-order valence-electron chi connectivity index (χ4n) is 5.94. The van der Waals surface area contributed by atoms with Crippen molar-refractivity contribution in [3.8, 4) is 11.8 Å². The number of piperidine rings is 2. The third-order valence-electron chi connectivity index (χ3n) is 8.17. The maximum atomic E-state index is 12.5. The van der Waals surface area contributed by atoms with Crippen molar-refractivity contribution in [1.82, 2.24) is 19.8 Å². The summed E-state index contributed by atoms with van der Waals surface area (Å²) >= 11 is 6.07. The van der Waals surface area contributed by atoms with E-state index in [0.29, 0.717) is 12.6 Å². The highest BCUT2D eigenvalue weighted by atomic mass is 127. The van der Waals surface area contributed by atoms with Gasteiger partial charge in [0.05, 0.1) is 11.1 Å². The second-order valence-corrected chi connectivity index (χ2v) is 14.2. The minimum atomic E-state index is -0.475. The maximum Gasteiger partial charge on any atom is 0.410 e. The molecule has 2 aromatic rings. The summed E-state index contributed by atoms with van der Waals surface area (Å²) in [5.74, 6) is 1.63. The quantitative estimate of drug-likeness (QED) is 0.331. The maximum absolute atomic E-state index is 12.5. The lowest BCUT2D eigenvalue weighted by Gasteiger charge is -2.53. The van der Waals surface area contributed by atoms with Crippen LogP contribution in [0.1, 0.15) is 60.3 Å². The van der Waals surface area contributed by atoms with Crippen molar-refractivity contribution in [2.75, 3.05) is 57.3 Å². The Hall–Kier alpha value is -1.60. The predicted octanol–water partition coefficient (Wildman–Crippen LogP) is 6.10. The molecule has 11 heteroatoms. The van der Waals surface area contributed by atoms with Crippen molar-refractivity contribution in [3.63, 3.8) is 0 Å². The molecule has 0 atom stereocenters. The highest BCUT2D eigenvalue weighted by Crippen LogP contribution is 2.45. The summed E-state index contributed by atoms with van der Waals surface area (Å²) in [4.78, 5) is 29.1. The molecular formula is C29H41BrIN5O4. The monoisotopic (exact) mass is 729 g/mol. The zero-order valence-corrected chi connectivity index (χ0v) is 28.0. The summed E-state index contributed by atoms with van der Waals surface area (Å²) in [7, 11) is 0. The molecule has 9 nitrogen and oxygen atoms in total. The van der Waals surface area contributed by atoms with Crippen LogP contribution in [-0.4, -0.2) is 90.0 Å². The molecule has 0 aliphatic carbocycles. The topological polar surface area (TPSA) is 80.3 Å². The number of benzene rings is 1. The predicted molar refractivity (Wildman–Crippen MR) is 169 cm³/mol. The normalized spacial score (nSPS) is 20.1. The van der Waals surface area contributed by atoms with Crippen molar-refractivity contribution < 1.29 is 19.0 Å². The Morgan fingerprint density at radius 3 is 2.40 bits per heavy atom. The number of halogens is 2. The van der Waals surface area contributed by atoms with Gasteiger partial charge in [-0.25, -0.2) is 4.79 Å². The lowest BCUT2D eigenvalue weighted by molar-refractivity contribution is -0.0434. The zero-order chi connectivity index (χ0) is 28.7. The van der Waals surface area contributed by atoms with Gasteiger partial charge in [-0.1, -0.05) is 6.92 Å². The first-order chi connectivity index (χ1) is 19.0. The number of aromatic nitrogens is 2. The fraction of sp³-hybridized carbons (Fsp3) is 0.690. The molecule has 3 fully saturated rings. The Balaban J connectivity index is 1.38. The van der Waals surface area contributed by atoms with Crippen LogP contribution in [0.15, 0.2) is 10.5 Å². The number of carbonyl (C=O) groups excluding carboxylic acids is 1. The molecule has 0 saturated carbocycles. The number of fused-ring (bicyclic) bond motifs is 1. The van der Waals surface area contributed by atoms with Gasteiger partial charge in [0.25, 0.3) is 0 Å². The van der Waals surface area contributed by atoms with Gasteiger partial charge in [-0.3, -0.25) is 0 Å². The van der Waals surface area contributed by atoms with E-state index in [0.717, 1.165) is 102 Å². The number of carbonyl (C=O) groups is 1. The number of ether oxygens (including phenoxy) is 3. The van der Waals surface area contributed by atoms with Gasteiger partial charge in [-0.2, -0.15) is 9.97 Å². The Labute approximate surface area is 259 Å². The summed E-state index contributed by atoms with van der Waals surface area (Å²) in [6, 6.07) is 2.56. The van der Waals surface area contributed by atoms with E-state index in [1.807, 2.05) is 32.6 Å². The molecule has 0 radical (unpaired) electrons. The second kappa shape index (κ2) is 11.9. The summed E-state index contributed by atoms with van der Waals surface area (Å²) < 4.78 is 20.1. The van der Waals surface area contributed by atoms with Crippen molar-refractivity contribution >= 4 is 61.3 Å². The van der Waals surface area contributed by atoms with E-state index in [9.17, 15) is 4.79 Å². The largest absolute Gasteiger partial charge is 0.490 e. The van der Waals surface area contributed by atoms with E-state index in [2.05, 4.69) is 61.3 Å². The molecule has 0 N–H and O–H groups in total. The van der Waals surface area contributed by atoms with Crippen molar-refractivity contribution in [1.29, 1.82) is 0 Å². The number of anilines is 1. The van der Waals surface area contributed by atoms with Crippen molar-refractivity contribution in [3.05, 3.63) is 14.1 Å². The van der Waals surface area contributed by atoms with E-state index in [1.54, 1.807) is 0 Å². The Morgan fingerprint density at radius 2 is 1.80 bits per heavy atom. The van der Waals surface area contributed by atoms with Crippen LogP contribution >= 0.6 is 38.5 Å². The van der Waals surface area contributed by atoms with Gasteiger partial charge >= 0.3 is 12.1 Å². The van der Waals surface area contributed by atoms with E-state index in [-0.39, 0.29) is 17.6 Å². The zero-order valence-electron chi connectivity index (χ0n) is 24.3. The van der Waals surface area contributed by atoms with Crippen LogP contribution in [0.2, 0.25) is 0 Å². The van der Waals surface area contributed by atoms with Crippen LogP contribution in [0.5, 0.6) is 11.8 Å². The van der Waals surface area contributed by atoms with Gasteiger partial charge in [-0.05, 0) is 105 Å². The molecule has 3 aliphatic rings. The third kappa shape index (κ3) is 6.40. The SMILES string of the molecule is CCOc1c(Br)c(I)cc2c(N3CCC4(CC3)CN(C(=O)OC(C)(C)C)C4)nc(OC3CCN(CC)CC3)nc12. The third-order valence-corrected chi connectivity index (χ3v) is 10.5. The first kappa shape index (κ1) is 29.9. The Bertz CT molecular complexity index is 1230. The minimum absolute atomic E-state index is 0.106. The lowest BCUT2D eigenvalue weighted by atomic mass is 9.72. The standard InChI is InChI=1S/C29H41BrIN5O4/c1-6-34-12-8-19(9-13-34)39-26-32-23-20(16-21(31)22(30)24(23)38-7-2)25(33-26)35-14-10-29(11-15-35)17-36(18-29)27(37)40-28(3,4)5/h16,19H,6-15,17-18H2,1-5H3. The highest BCUT2D eigenvalue weighted by Gasteiger charge is 2.48. The van der Waals surface area contributed by atoms with E-state index >= 15 is 0 Å². The lowest BCUT2D eigenvalue weighted by Crippen LogP contribution is -2.62. The van der Waals surface area contributed by atoms with Crippen LogP contribution in [0.4, 0.5) is 10.6 Å². The summed E-state index contributed by atoms with van der Waals surface area (Å²) in [6.07, 6.45) is 3.83. The molecule has 3 saturated heterocycles. The second-order valence-electron chi connectivity index (χ2n) is 12.2. The molecule has 0 bridgehead atoms. The van der Waals surface area contributed by atoms with Gasteiger partial charge in [0, 0.05) is 53.6 Å². The van der Waals surface area contributed by atoms with Gasteiger partial charge in [0.15, 0.2) is 5.75 Å². The fourth-order valence-corrected chi connectivity index (χ4v) is 6.91. The van der Waals surface area contributed by atoms with Crippen LogP contribution in [-0.2, 0) is 4.74 Å². The van der Waals surface area contributed by atoms with Crippen LogP contribution in [0.25, 0.3) is 10.9 Å². The smallest absolute Gasteiger partial charge is 0.410 e. The van der Waals surface area contributed by atoms with E-state index in [4.69, 9.17) is 24.2 Å². The molecule has 5 rings (SSSR count). The van der Waals surface area contributed by atoms with Crippen molar-refractivity contribution in [2.24, 2.45) is 5.41 Å². The molecule has 220 valence electrons.